The summed E-state index contributed by atoms with van der Waals surface area (Å²) in [4.78, 5) is 25.5. The number of hydrogen-bond acceptors (Lipinski definition) is 4. The van der Waals surface area contributed by atoms with E-state index in [-0.39, 0.29) is 6.54 Å². The van der Waals surface area contributed by atoms with Crippen molar-refractivity contribution in [2.24, 2.45) is 0 Å². The molecule has 6 nitrogen and oxygen atoms in total. The molecule has 1 aromatic heterocycles. The summed E-state index contributed by atoms with van der Waals surface area (Å²) in [5.74, 6) is -0.684. The summed E-state index contributed by atoms with van der Waals surface area (Å²) in [5, 5.41) is 13.7. The molecule has 0 unspecified atom stereocenters. The molecule has 2 amide bonds. The molecule has 0 spiro atoms. The van der Waals surface area contributed by atoms with Crippen molar-refractivity contribution in [2.75, 3.05) is 6.61 Å². The molecule has 0 aliphatic heterocycles. The number of nitrogens with one attached hydrogen (secondary N) is 1. The smallest absolute Gasteiger partial charge is 0.408 e. The third-order valence-corrected chi connectivity index (χ3v) is 3.82. The lowest BCUT2D eigenvalue weighted by atomic mass is 10.0. The maximum atomic E-state index is 12.3. The molecular weight excluding hydrogens is 330 g/mol. The van der Waals surface area contributed by atoms with Gasteiger partial charge in [0.1, 0.15) is 6.04 Å². The second-order valence-corrected chi connectivity index (χ2v) is 6.76. The van der Waals surface area contributed by atoms with Crippen molar-refractivity contribution in [2.45, 2.75) is 45.5 Å². The van der Waals surface area contributed by atoms with Crippen molar-refractivity contribution in [1.82, 2.24) is 10.2 Å². The average Bonchev–Trinajstić information content (AvgIpc) is 2.91. The van der Waals surface area contributed by atoms with Gasteiger partial charge in [0.25, 0.3) is 0 Å². The molecule has 0 saturated heterocycles. The Bertz CT molecular complexity index is 517. The van der Waals surface area contributed by atoms with Gasteiger partial charge in [0.15, 0.2) is 0 Å². The van der Waals surface area contributed by atoms with E-state index in [1.165, 1.54) is 11.3 Å². The van der Waals surface area contributed by atoms with Gasteiger partial charge < -0.3 is 15.2 Å². The highest BCUT2D eigenvalue weighted by molar-refractivity contribution is 7.09. The van der Waals surface area contributed by atoms with Crippen LogP contribution < -0.4 is 5.32 Å². The molecule has 0 aromatic carbocycles. The Kier molecular flexibility index (Phi) is 6.89. The second-order valence-electron chi connectivity index (χ2n) is 5.73. The standard InChI is InChI=1S/C14H20F2N2O4S/c1-14(2,3)18(13(20)21)10(8-22-12(15)16)11(19)17-7-9-5-4-6-23-9/h4-6,10,12H,7-8H2,1-3H3,(H,17,19)(H,20,21)/t10-/m1/s1. The molecule has 0 radical (unpaired) electrons. The number of carbonyl (C=O) groups excluding carboxylic acids is 1. The maximum absolute atomic E-state index is 12.3. The summed E-state index contributed by atoms with van der Waals surface area (Å²) in [7, 11) is 0. The monoisotopic (exact) mass is 350 g/mol. The highest BCUT2D eigenvalue weighted by Crippen LogP contribution is 2.19. The lowest BCUT2D eigenvalue weighted by Crippen LogP contribution is -2.58. The molecule has 2 N–H and O–H groups in total. The molecule has 130 valence electrons. The Morgan fingerprint density at radius 3 is 2.52 bits per heavy atom. The van der Waals surface area contributed by atoms with Gasteiger partial charge in [-0.1, -0.05) is 6.07 Å². The normalized spacial score (nSPS) is 13.0. The lowest BCUT2D eigenvalue weighted by molar-refractivity contribution is -0.153. The molecule has 1 rings (SSSR count). The van der Waals surface area contributed by atoms with Gasteiger partial charge in [0.2, 0.25) is 5.91 Å². The second kappa shape index (κ2) is 8.21. The van der Waals surface area contributed by atoms with Crippen molar-refractivity contribution in [1.29, 1.82) is 0 Å². The summed E-state index contributed by atoms with van der Waals surface area (Å²) in [6, 6.07) is 2.23. The number of thiophene rings is 1. The van der Waals surface area contributed by atoms with Crippen LogP contribution in [-0.2, 0) is 16.1 Å². The Balaban J connectivity index is 2.88. The molecule has 1 heterocycles. The number of rotatable bonds is 7. The minimum absolute atomic E-state index is 0.194. The first-order valence-corrected chi connectivity index (χ1v) is 7.73. The first-order valence-electron chi connectivity index (χ1n) is 6.85. The van der Waals surface area contributed by atoms with E-state index in [0.717, 1.165) is 9.78 Å². The van der Waals surface area contributed by atoms with Crippen molar-refractivity contribution in [3.8, 4) is 0 Å². The van der Waals surface area contributed by atoms with E-state index in [0.29, 0.717) is 0 Å². The van der Waals surface area contributed by atoms with Gasteiger partial charge in [-0.15, -0.1) is 11.3 Å². The van der Waals surface area contributed by atoms with Crippen molar-refractivity contribution in [3.05, 3.63) is 22.4 Å². The fourth-order valence-electron chi connectivity index (χ4n) is 2.02. The van der Waals surface area contributed by atoms with E-state index in [9.17, 15) is 23.5 Å². The highest BCUT2D eigenvalue weighted by Gasteiger charge is 2.38. The number of carboxylic acid groups (broad SMARTS) is 1. The van der Waals surface area contributed by atoms with E-state index in [4.69, 9.17) is 0 Å². The van der Waals surface area contributed by atoms with Gasteiger partial charge in [0.05, 0.1) is 13.2 Å². The van der Waals surface area contributed by atoms with Gasteiger partial charge in [-0.2, -0.15) is 8.78 Å². The summed E-state index contributed by atoms with van der Waals surface area (Å²) < 4.78 is 28.8. The number of halogens is 2. The van der Waals surface area contributed by atoms with Crippen molar-refractivity contribution in [3.63, 3.8) is 0 Å². The quantitative estimate of drug-likeness (QED) is 0.792. The van der Waals surface area contributed by atoms with Crippen LogP contribution in [0.3, 0.4) is 0 Å². The SMILES string of the molecule is CC(C)(C)N(C(=O)O)[C@H](COC(F)F)C(=O)NCc1cccs1. The van der Waals surface area contributed by atoms with Crippen LogP contribution in [0, 0.1) is 0 Å². The van der Waals surface area contributed by atoms with E-state index in [1.807, 2.05) is 11.4 Å². The minimum Gasteiger partial charge on any atom is -0.465 e. The van der Waals surface area contributed by atoms with Crippen LogP contribution in [0.25, 0.3) is 0 Å². The van der Waals surface area contributed by atoms with E-state index < -0.39 is 36.8 Å². The van der Waals surface area contributed by atoms with Crippen LogP contribution in [0.4, 0.5) is 13.6 Å². The molecule has 0 fully saturated rings. The van der Waals surface area contributed by atoms with Crippen LogP contribution in [-0.4, -0.2) is 46.8 Å². The summed E-state index contributed by atoms with van der Waals surface area (Å²) >= 11 is 1.42. The predicted molar refractivity (Wildman–Crippen MR) is 81.5 cm³/mol. The topological polar surface area (TPSA) is 78.9 Å². The summed E-state index contributed by atoms with van der Waals surface area (Å²) in [5.41, 5.74) is -0.956. The van der Waals surface area contributed by atoms with Crippen molar-refractivity contribution >= 4 is 23.3 Å². The largest absolute Gasteiger partial charge is 0.465 e. The van der Waals surface area contributed by atoms with Crippen molar-refractivity contribution < 1.29 is 28.2 Å². The minimum atomic E-state index is -3.08. The lowest BCUT2D eigenvalue weighted by Gasteiger charge is -2.38. The zero-order valence-electron chi connectivity index (χ0n) is 13.1. The third-order valence-electron chi connectivity index (χ3n) is 2.94. The highest BCUT2D eigenvalue weighted by atomic mass is 32.1. The fourth-order valence-corrected chi connectivity index (χ4v) is 2.67. The first-order chi connectivity index (χ1) is 10.6. The van der Waals surface area contributed by atoms with Gasteiger partial charge in [-0.25, -0.2) is 4.79 Å². The van der Waals surface area contributed by atoms with E-state index in [2.05, 4.69) is 10.1 Å². The Morgan fingerprint density at radius 1 is 1.43 bits per heavy atom. The fraction of sp³-hybridized carbons (Fsp3) is 0.571. The van der Waals surface area contributed by atoms with Crippen LogP contribution in [0.5, 0.6) is 0 Å². The average molecular weight is 350 g/mol. The number of alkyl halides is 2. The molecule has 0 bridgehead atoms. The Hall–Kier alpha value is -1.74. The number of ether oxygens (including phenoxy) is 1. The Morgan fingerprint density at radius 2 is 2.09 bits per heavy atom. The Labute approximate surface area is 137 Å². The molecule has 0 aliphatic carbocycles. The summed E-state index contributed by atoms with van der Waals surface area (Å²) in [6.07, 6.45) is -1.38. The number of amides is 2. The third kappa shape index (κ3) is 6.11. The molecule has 1 aromatic rings. The number of nitrogens with zero attached hydrogens (tertiary/aromatic N) is 1. The zero-order valence-corrected chi connectivity index (χ0v) is 13.9. The number of hydrogen-bond donors (Lipinski definition) is 2. The van der Waals surface area contributed by atoms with Gasteiger partial charge in [-0.05, 0) is 32.2 Å². The van der Waals surface area contributed by atoms with Crippen LogP contribution in [0.2, 0.25) is 0 Å². The number of carbonyl (C=O) groups is 2. The van der Waals surface area contributed by atoms with Crippen LogP contribution in [0.15, 0.2) is 17.5 Å². The molecular formula is C14H20F2N2O4S. The molecule has 23 heavy (non-hydrogen) atoms. The molecule has 9 heteroatoms. The zero-order chi connectivity index (χ0) is 17.6. The van der Waals surface area contributed by atoms with Crippen LogP contribution >= 0.6 is 11.3 Å². The summed E-state index contributed by atoms with van der Waals surface area (Å²) in [6.45, 7) is 1.10. The first kappa shape index (κ1) is 19.3. The molecule has 0 saturated carbocycles. The van der Waals surface area contributed by atoms with Gasteiger partial charge in [0, 0.05) is 10.4 Å². The molecule has 1 atom stereocenters. The maximum Gasteiger partial charge on any atom is 0.408 e. The van der Waals surface area contributed by atoms with Gasteiger partial charge >= 0.3 is 12.7 Å². The molecule has 0 aliphatic rings. The predicted octanol–water partition coefficient (Wildman–Crippen LogP) is 2.75. The van der Waals surface area contributed by atoms with E-state index >= 15 is 0 Å². The van der Waals surface area contributed by atoms with Gasteiger partial charge in [-0.3, -0.25) is 9.69 Å². The van der Waals surface area contributed by atoms with E-state index in [1.54, 1.807) is 26.8 Å². The van der Waals surface area contributed by atoms with Crippen LogP contribution in [0.1, 0.15) is 25.6 Å².